The molecule has 1 N–H and O–H groups in total. The highest BCUT2D eigenvalue weighted by Crippen LogP contribution is 2.20. The molecule has 0 bridgehead atoms. The highest BCUT2D eigenvalue weighted by molar-refractivity contribution is 7.09. The Morgan fingerprint density at radius 3 is 2.94 bits per heavy atom. The predicted octanol–water partition coefficient (Wildman–Crippen LogP) is 0.967. The average Bonchev–Trinajstić information content (AvgIpc) is 2.80. The van der Waals surface area contributed by atoms with E-state index in [2.05, 4.69) is 9.47 Å². The number of aromatic nitrogens is 3. The van der Waals surface area contributed by atoms with Gasteiger partial charge in [0.1, 0.15) is 12.6 Å². The zero-order valence-electron chi connectivity index (χ0n) is 8.41. The monoisotopic (exact) mass is 236 g/mol. The zero-order chi connectivity index (χ0) is 11.4. The molecule has 2 rings (SSSR count). The van der Waals surface area contributed by atoms with Crippen LogP contribution in [-0.4, -0.2) is 20.5 Å². The molecule has 0 radical (unpaired) electrons. The van der Waals surface area contributed by atoms with Gasteiger partial charge in [0.05, 0.1) is 4.88 Å². The lowest BCUT2D eigenvalue weighted by Gasteiger charge is -1.94. The molecular formula is C10H10N3O2S+. The largest absolute Gasteiger partial charge is 0.481 e. The van der Waals surface area contributed by atoms with Crippen LogP contribution >= 0.6 is 11.5 Å². The minimum Gasteiger partial charge on any atom is -0.481 e. The highest BCUT2D eigenvalue weighted by Gasteiger charge is 2.07. The lowest BCUT2D eigenvalue weighted by molar-refractivity contribution is -0.752. The van der Waals surface area contributed by atoms with Crippen LogP contribution < -0.4 is 4.68 Å². The van der Waals surface area contributed by atoms with Gasteiger partial charge in [0.2, 0.25) is 0 Å². The first-order valence-corrected chi connectivity index (χ1v) is 5.51. The zero-order valence-corrected chi connectivity index (χ0v) is 9.22. The standard InChI is InChI=1S/C10H9N3O2S/c14-10(15)3-6-13-5-2-8(7-11-13)9-1-4-12-16-9/h1-2,4-5,7H,3,6H2/p+1. The molecule has 0 saturated heterocycles. The van der Waals surface area contributed by atoms with Crippen LogP contribution in [0.3, 0.4) is 0 Å². The summed E-state index contributed by atoms with van der Waals surface area (Å²) in [7, 11) is 0. The van der Waals surface area contributed by atoms with Crippen molar-refractivity contribution in [3.63, 3.8) is 0 Å². The van der Waals surface area contributed by atoms with Crippen LogP contribution in [0.5, 0.6) is 0 Å². The third-order valence-corrected chi connectivity index (χ3v) is 2.84. The number of hydrogen-bond donors (Lipinski definition) is 1. The maximum absolute atomic E-state index is 10.4. The lowest BCUT2D eigenvalue weighted by atomic mass is 10.3. The molecule has 2 aromatic rings. The second-order valence-corrected chi connectivity index (χ2v) is 4.03. The van der Waals surface area contributed by atoms with E-state index in [0.29, 0.717) is 6.54 Å². The quantitative estimate of drug-likeness (QED) is 0.803. The molecule has 0 spiro atoms. The fourth-order valence-corrected chi connectivity index (χ4v) is 1.82. The van der Waals surface area contributed by atoms with Gasteiger partial charge in [0.25, 0.3) is 0 Å². The number of carbonyl (C=O) groups is 1. The number of nitrogens with zero attached hydrogens (tertiary/aromatic N) is 3. The number of aliphatic carboxylic acids is 1. The summed E-state index contributed by atoms with van der Waals surface area (Å²) in [6.45, 7) is 0.387. The molecule has 2 aromatic heterocycles. The van der Waals surface area contributed by atoms with Crippen molar-refractivity contribution in [2.75, 3.05) is 0 Å². The second kappa shape index (κ2) is 4.80. The Morgan fingerprint density at radius 1 is 1.50 bits per heavy atom. The minimum atomic E-state index is -0.819. The van der Waals surface area contributed by atoms with Gasteiger partial charge in [-0.3, -0.25) is 4.79 Å². The lowest BCUT2D eigenvalue weighted by Crippen LogP contribution is -2.38. The molecule has 2 heterocycles. The van der Waals surface area contributed by atoms with Crippen LogP contribution in [0, 0.1) is 0 Å². The first-order chi connectivity index (χ1) is 7.75. The summed E-state index contributed by atoms with van der Waals surface area (Å²) in [6, 6.07) is 3.83. The first kappa shape index (κ1) is 10.7. The molecule has 82 valence electrons. The van der Waals surface area contributed by atoms with Crippen LogP contribution in [-0.2, 0) is 11.3 Å². The molecule has 0 saturated carbocycles. The average molecular weight is 236 g/mol. The Labute approximate surface area is 96.2 Å². The SMILES string of the molecule is O=C(O)CC[n+]1ccc(-c2ccns2)cn1. The van der Waals surface area contributed by atoms with Gasteiger partial charge in [0.15, 0.2) is 12.7 Å². The third-order valence-electron chi connectivity index (χ3n) is 2.05. The molecule has 0 aliphatic rings. The Hall–Kier alpha value is -1.82. The van der Waals surface area contributed by atoms with Crippen molar-refractivity contribution < 1.29 is 14.6 Å². The molecular weight excluding hydrogens is 226 g/mol. The van der Waals surface area contributed by atoms with Gasteiger partial charge < -0.3 is 5.11 Å². The summed E-state index contributed by atoms with van der Waals surface area (Å²) >= 11 is 1.41. The van der Waals surface area contributed by atoms with E-state index in [4.69, 9.17) is 5.11 Å². The Kier molecular flexibility index (Phi) is 3.21. The molecule has 0 fully saturated rings. The van der Waals surface area contributed by atoms with Crippen molar-refractivity contribution in [1.82, 2.24) is 9.47 Å². The number of rotatable bonds is 4. The number of aryl methyl sites for hydroxylation is 1. The maximum atomic E-state index is 10.4. The molecule has 0 amide bonds. The van der Waals surface area contributed by atoms with Crippen LogP contribution in [0.1, 0.15) is 6.42 Å². The van der Waals surface area contributed by atoms with Crippen LogP contribution in [0.2, 0.25) is 0 Å². The van der Waals surface area contributed by atoms with Crippen molar-refractivity contribution >= 4 is 17.5 Å². The van der Waals surface area contributed by atoms with Crippen molar-refractivity contribution in [1.29, 1.82) is 0 Å². The van der Waals surface area contributed by atoms with E-state index in [1.54, 1.807) is 23.3 Å². The number of carboxylic acids is 1. The van der Waals surface area contributed by atoms with E-state index in [1.807, 2.05) is 12.1 Å². The van der Waals surface area contributed by atoms with Gasteiger partial charge in [-0.25, -0.2) is 4.37 Å². The Balaban J connectivity index is 2.08. The fourth-order valence-electron chi connectivity index (χ4n) is 1.24. The summed E-state index contributed by atoms with van der Waals surface area (Å²) in [5.74, 6) is -0.819. The summed E-state index contributed by atoms with van der Waals surface area (Å²) < 4.78 is 5.62. The van der Waals surface area contributed by atoms with Crippen molar-refractivity contribution in [3.8, 4) is 10.4 Å². The summed E-state index contributed by atoms with van der Waals surface area (Å²) in [5.41, 5.74) is 0.995. The molecule has 0 aliphatic carbocycles. The van der Waals surface area contributed by atoms with E-state index in [-0.39, 0.29) is 6.42 Å². The van der Waals surface area contributed by atoms with Gasteiger partial charge in [0, 0.05) is 17.8 Å². The van der Waals surface area contributed by atoms with Crippen LogP contribution in [0.25, 0.3) is 10.4 Å². The molecule has 5 nitrogen and oxygen atoms in total. The predicted molar refractivity (Wildman–Crippen MR) is 57.8 cm³/mol. The number of carboxylic acid groups (broad SMARTS) is 1. The van der Waals surface area contributed by atoms with Gasteiger partial charge >= 0.3 is 5.97 Å². The topological polar surface area (TPSA) is 67.0 Å². The number of hydrogen-bond acceptors (Lipinski definition) is 4. The molecule has 16 heavy (non-hydrogen) atoms. The molecule has 0 aromatic carbocycles. The van der Waals surface area contributed by atoms with E-state index >= 15 is 0 Å². The molecule has 0 aliphatic heterocycles. The van der Waals surface area contributed by atoms with E-state index in [0.717, 1.165) is 10.4 Å². The fraction of sp³-hybridized carbons (Fsp3) is 0.200. The van der Waals surface area contributed by atoms with Gasteiger partial charge in [-0.05, 0) is 22.7 Å². The normalized spacial score (nSPS) is 10.2. The second-order valence-electron chi connectivity index (χ2n) is 3.20. The summed E-state index contributed by atoms with van der Waals surface area (Å²) in [4.78, 5) is 11.4. The van der Waals surface area contributed by atoms with Crippen molar-refractivity contribution in [3.05, 3.63) is 30.7 Å². The van der Waals surface area contributed by atoms with E-state index < -0.39 is 5.97 Å². The van der Waals surface area contributed by atoms with Gasteiger partial charge in [-0.15, -0.1) is 0 Å². The molecule has 0 atom stereocenters. The third kappa shape index (κ3) is 2.60. The Bertz CT molecular complexity index is 467. The summed E-state index contributed by atoms with van der Waals surface area (Å²) in [6.07, 6.45) is 5.32. The van der Waals surface area contributed by atoms with Crippen molar-refractivity contribution in [2.45, 2.75) is 13.0 Å². The van der Waals surface area contributed by atoms with E-state index in [1.165, 1.54) is 11.5 Å². The summed E-state index contributed by atoms with van der Waals surface area (Å²) in [5, 5.41) is 12.7. The van der Waals surface area contributed by atoms with Crippen molar-refractivity contribution in [2.24, 2.45) is 0 Å². The molecule has 6 heteroatoms. The molecule has 0 unspecified atom stereocenters. The van der Waals surface area contributed by atoms with Gasteiger partial charge in [-0.1, -0.05) is 4.68 Å². The minimum absolute atomic E-state index is 0.0809. The Morgan fingerprint density at radius 2 is 2.38 bits per heavy atom. The first-order valence-electron chi connectivity index (χ1n) is 4.74. The smallest absolute Gasteiger partial charge is 0.309 e. The van der Waals surface area contributed by atoms with Crippen LogP contribution in [0.15, 0.2) is 30.7 Å². The maximum Gasteiger partial charge on any atom is 0.309 e. The van der Waals surface area contributed by atoms with Crippen LogP contribution in [0.4, 0.5) is 0 Å². The van der Waals surface area contributed by atoms with E-state index in [9.17, 15) is 4.79 Å². The van der Waals surface area contributed by atoms with Gasteiger partial charge in [-0.2, -0.15) is 0 Å². The highest BCUT2D eigenvalue weighted by atomic mass is 32.1.